The third kappa shape index (κ3) is 6.51. The van der Waals surface area contributed by atoms with Gasteiger partial charge in [0.05, 0.1) is 34.1 Å². The molecule has 0 aliphatic carbocycles. The summed E-state index contributed by atoms with van der Waals surface area (Å²) in [6.45, 7) is 8.16. The Morgan fingerprint density at radius 1 is 1.19 bits per heavy atom. The van der Waals surface area contributed by atoms with Crippen molar-refractivity contribution < 1.29 is 18.3 Å². The van der Waals surface area contributed by atoms with Crippen LogP contribution in [0.5, 0.6) is 5.88 Å². The SMILES string of the molecule is CCOc1ncc(Cl)cc1-n1c(C=C(C)C)c(C(=O)N2CCNCC2)cc(-c2nc(-c3ccc(C(F)F)nc3)cs2)c1=O. The zero-order valence-electron chi connectivity index (χ0n) is 23.7. The number of hydrogen-bond donors (Lipinski definition) is 1. The molecule has 0 radical (unpaired) electrons. The number of hydrogen-bond acceptors (Lipinski definition) is 8. The van der Waals surface area contributed by atoms with E-state index >= 15 is 0 Å². The number of allylic oxidation sites excluding steroid dienone is 1. The molecule has 1 amide bonds. The molecule has 1 aliphatic heterocycles. The molecule has 5 rings (SSSR count). The lowest BCUT2D eigenvalue weighted by atomic mass is 10.0. The van der Waals surface area contributed by atoms with Gasteiger partial charge in [0.15, 0.2) is 0 Å². The maximum Gasteiger partial charge on any atom is 0.280 e. The van der Waals surface area contributed by atoms with Crippen molar-refractivity contribution in [3.05, 3.63) is 79.9 Å². The van der Waals surface area contributed by atoms with Gasteiger partial charge < -0.3 is 15.0 Å². The smallest absolute Gasteiger partial charge is 0.280 e. The van der Waals surface area contributed by atoms with Gasteiger partial charge in [-0.3, -0.25) is 19.1 Å². The minimum absolute atomic E-state index is 0.181. The Bertz CT molecular complexity index is 1730. The van der Waals surface area contributed by atoms with Gasteiger partial charge in [-0.05, 0) is 51.1 Å². The van der Waals surface area contributed by atoms with Gasteiger partial charge in [0.25, 0.3) is 17.9 Å². The number of nitrogens with one attached hydrogen (secondary N) is 1. The van der Waals surface area contributed by atoms with Crippen molar-refractivity contribution in [2.45, 2.75) is 27.2 Å². The Kier molecular flexibility index (Phi) is 9.28. The maximum absolute atomic E-state index is 14.4. The van der Waals surface area contributed by atoms with Crippen molar-refractivity contribution in [1.29, 1.82) is 0 Å². The Labute approximate surface area is 255 Å². The van der Waals surface area contributed by atoms with Crippen LogP contribution in [0.4, 0.5) is 8.78 Å². The van der Waals surface area contributed by atoms with Gasteiger partial charge in [0.2, 0.25) is 5.88 Å². The average molecular weight is 627 g/mol. The lowest BCUT2D eigenvalue weighted by Crippen LogP contribution is -2.47. The fourth-order valence-electron chi connectivity index (χ4n) is 4.69. The quantitative estimate of drug-likeness (QED) is 0.261. The minimum atomic E-state index is -2.69. The Balaban J connectivity index is 1.76. The van der Waals surface area contributed by atoms with E-state index in [9.17, 15) is 18.4 Å². The second kappa shape index (κ2) is 13.1. The van der Waals surface area contributed by atoms with Crippen LogP contribution in [0.3, 0.4) is 0 Å². The molecule has 13 heteroatoms. The molecule has 5 heterocycles. The summed E-state index contributed by atoms with van der Waals surface area (Å²) in [5.41, 5.74) is 2.18. The second-order valence-corrected chi connectivity index (χ2v) is 11.3. The van der Waals surface area contributed by atoms with E-state index < -0.39 is 12.0 Å². The fraction of sp³-hybridized carbons (Fsp3) is 0.300. The molecule has 4 aromatic heterocycles. The highest BCUT2D eigenvalue weighted by molar-refractivity contribution is 7.13. The van der Waals surface area contributed by atoms with E-state index in [0.29, 0.717) is 53.7 Å². The van der Waals surface area contributed by atoms with E-state index in [1.54, 1.807) is 35.4 Å². The fourth-order valence-corrected chi connectivity index (χ4v) is 5.68. The highest BCUT2D eigenvalue weighted by Crippen LogP contribution is 2.32. The van der Waals surface area contributed by atoms with Crippen molar-refractivity contribution in [3.8, 4) is 33.4 Å². The van der Waals surface area contributed by atoms with E-state index in [1.165, 1.54) is 40.4 Å². The lowest BCUT2D eigenvalue weighted by Gasteiger charge is -2.29. The van der Waals surface area contributed by atoms with Crippen LogP contribution >= 0.6 is 22.9 Å². The van der Waals surface area contributed by atoms with E-state index in [1.807, 2.05) is 13.8 Å². The number of nitrogens with zero attached hydrogens (tertiary/aromatic N) is 5. The summed E-state index contributed by atoms with van der Waals surface area (Å²) in [6, 6.07) is 5.91. The minimum Gasteiger partial charge on any atom is -0.476 e. The summed E-state index contributed by atoms with van der Waals surface area (Å²) in [5.74, 6) is -0.0549. The van der Waals surface area contributed by atoms with Gasteiger partial charge >= 0.3 is 0 Å². The van der Waals surface area contributed by atoms with Gasteiger partial charge in [-0.15, -0.1) is 11.3 Å². The van der Waals surface area contributed by atoms with Crippen LogP contribution in [0.1, 0.15) is 48.9 Å². The number of rotatable bonds is 8. The van der Waals surface area contributed by atoms with Gasteiger partial charge in [0.1, 0.15) is 16.4 Å². The normalized spacial score (nSPS) is 13.3. The van der Waals surface area contributed by atoms with Crippen molar-refractivity contribution in [2.75, 3.05) is 32.8 Å². The molecule has 0 bridgehead atoms. The highest BCUT2D eigenvalue weighted by atomic mass is 35.5. The molecule has 1 saturated heterocycles. The van der Waals surface area contributed by atoms with Crippen LogP contribution in [-0.4, -0.2) is 63.1 Å². The number of aromatic nitrogens is 4. The predicted molar refractivity (Wildman–Crippen MR) is 163 cm³/mol. The van der Waals surface area contributed by atoms with Crippen LogP contribution in [0.2, 0.25) is 5.02 Å². The number of carbonyl (C=O) groups excluding carboxylic acids is 1. The van der Waals surface area contributed by atoms with Crippen LogP contribution < -0.4 is 15.6 Å². The number of pyridine rings is 3. The summed E-state index contributed by atoms with van der Waals surface area (Å²) in [7, 11) is 0. The zero-order chi connectivity index (χ0) is 30.7. The molecule has 1 aliphatic rings. The molecule has 0 aromatic carbocycles. The summed E-state index contributed by atoms with van der Waals surface area (Å²) in [6.07, 6.45) is 1.84. The summed E-state index contributed by atoms with van der Waals surface area (Å²) in [4.78, 5) is 43.0. The largest absolute Gasteiger partial charge is 0.476 e. The molecule has 1 fully saturated rings. The standard InChI is InChI=1S/C30H29ClF2N6O3S/c1-4-42-27-25(12-19(31)15-36-27)39-24(11-17(2)3)20(29(40)38-9-7-34-8-10-38)13-21(30(39)41)28-37-23(16-43-28)18-5-6-22(26(32)33)35-14-18/h5-6,11-16,26,34H,4,7-10H2,1-3H3. The van der Waals surface area contributed by atoms with Gasteiger partial charge in [0, 0.05) is 49.5 Å². The highest BCUT2D eigenvalue weighted by Gasteiger charge is 2.27. The molecule has 0 unspecified atom stereocenters. The molecular formula is C30H29ClF2N6O3S. The van der Waals surface area contributed by atoms with Gasteiger partial charge in [-0.2, -0.15) is 0 Å². The van der Waals surface area contributed by atoms with Crippen molar-refractivity contribution in [2.24, 2.45) is 0 Å². The van der Waals surface area contributed by atoms with E-state index in [-0.39, 0.29) is 40.4 Å². The molecular weight excluding hydrogens is 598 g/mol. The van der Waals surface area contributed by atoms with Crippen molar-refractivity contribution in [1.82, 2.24) is 29.7 Å². The number of carbonyl (C=O) groups is 1. The zero-order valence-corrected chi connectivity index (χ0v) is 25.3. The number of halogens is 3. The molecule has 0 spiro atoms. The molecule has 43 heavy (non-hydrogen) atoms. The Hall–Kier alpha value is -4.00. The number of thiazole rings is 1. The molecule has 1 N–H and O–H groups in total. The molecule has 0 saturated carbocycles. The first kappa shape index (κ1) is 30.5. The summed E-state index contributed by atoms with van der Waals surface area (Å²) >= 11 is 7.56. The number of amides is 1. The first-order chi connectivity index (χ1) is 20.7. The Morgan fingerprint density at radius 2 is 1.95 bits per heavy atom. The average Bonchev–Trinajstić information content (AvgIpc) is 3.48. The van der Waals surface area contributed by atoms with Crippen LogP contribution in [-0.2, 0) is 0 Å². The van der Waals surface area contributed by atoms with Crippen LogP contribution in [0.15, 0.2) is 52.4 Å². The first-order valence-corrected chi connectivity index (χ1v) is 14.9. The second-order valence-electron chi connectivity index (χ2n) is 9.98. The topological polar surface area (TPSA) is 102 Å². The van der Waals surface area contributed by atoms with E-state index in [4.69, 9.17) is 16.3 Å². The summed E-state index contributed by atoms with van der Waals surface area (Å²) in [5, 5.41) is 5.59. The lowest BCUT2D eigenvalue weighted by molar-refractivity contribution is 0.0735. The van der Waals surface area contributed by atoms with E-state index in [2.05, 4.69) is 20.3 Å². The predicted octanol–water partition coefficient (Wildman–Crippen LogP) is 5.88. The number of alkyl halides is 2. The number of piperazine rings is 1. The molecule has 0 atom stereocenters. The first-order valence-electron chi connectivity index (χ1n) is 13.6. The van der Waals surface area contributed by atoms with Crippen molar-refractivity contribution in [3.63, 3.8) is 0 Å². The number of ether oxygens (including phenoxy) is 1. The summed E-state index contributed by atoms with van der Waals surface area (Å²) < 4.78 is 33.2. The third-order valence-corrected chi connectivity index (χ3v) is 7.74. The van der Waals surface area contributed by atoms with Crippen molar-refractivity contribution >= 4 is 34.9 Å². The van der Waals surface area contributed by atoms with E-state index in [0.717, 1.165) is 5.57 Å². The van der Waals surface area contributed by atoms with Gasteiger partial charge in [-0.25, -0.2) is 18.7 Å². The molecule has 9 nitrogen and oxygen atoms in total. The maximum atomic E-state index is 14.4. The van der Waals surface area contributed by atoms with Crippen LogP contribution in [0.25, 0.3) is 33.6 Å². The van der Waals surface area contributed by atoms with Crippen LogP contribution in [0, 0.1) is 0 Å². The monoisotopic (exact) mass is 626 g/mol. The Morgan fingerprint density at radius 3 is 2.60 bits per heavy atom. The molecule has 224 valence electrons. The molecule has 4 aromatic rings. The third-order valence-electron chi connectivity index (χ3n) is 6.66. The van der Waals surface area contributed by atoms with Gasteiger partial charge in [-0.1, -0.05) is 17.2 Å².